The van der Waals surface area contributed by atoms with E-state index in [1.807, 2.05) is 18.7 Å². The lowest BCUT2D eigenvalue weighted by Gasteiger charge is -2.34. The molecule has 1 N–H and O–H groups in total. The van der Waals surface area contributed by atoms with Gasteiger partial charge in [0.15, 0.2) is 0 Å². The van der Waals surface area contributed by atoms with Gasteiger partial charge >= 0.3 is 0 Å². The van der Waals surface area contributed by atoms with E-state index in [1.54, 1.807) is 0 Å². The van der Waals surface area contributed by atoms with E-state index >= 15 is 0 Å². The first-order valence-corrected chi connectivity index (χ1v) is 6.42. The molecule has 1 aliphatic rings. The van der Waals surface area contributed by atoms with Gasteiger partial charge in [0.05, 0.1) is 6.10 Å². The molecule has 1 rings (SSSR count). The molecule has 1 saturated heterocycles. The van der Waals surface area contributed by atoms with Gasteiger partial charge in [-0.15, -0.1) is 0 Å². The van der Waals surface area contributed by atoms with Crippen molar-refractivity contribution in [2.75, 3.05) is 45.9 Å². The highest BCUT2D eigenvalue weighted by atomic mass is 16.5. The first-order valence-electron chi connectivity index (χ1n) is 6.42. The Labute approximate surface area is 108 Å². The summed E-state index contributed by atoms with van der Waals surface area (Å²) in [6, 6.07) is 0. The van der Waals surface area contributed by atoms with Gasteiger partial charge in [-0.3, -0.25) is 14.5 Å². The van der Waals surface area contributed by atoms with E-state index in [1.165, 1.54) is 0 Å². The van der Waals surface area contributed by atoms with Gasteiger partial charge in [-0.05, 0) is 13.8 Å². The van der Waals surface area contributed by atoms with Gasteiger partial charge in [-0.25, -0.2) is 0 Å². The standard InChI is InChI=1S/C12H23N3O3/c1-11(2)18-9-12(17)15-7-5-14(6-8-15)4-3-13-10-16/h10-11H,3-9H2,1-2H3,(H,13,16). The number of piperazine rings is 1. The third-order valence-electron chi connectivity index (χ3n) is 2.92. The average molecular weight is 257 g/mol. The van der Waals surface area contributed by atoms with Crippen LogP contribution in [0.15, 0.2) is 0 Å². The van der Waals surface area contributed by atoms with Crippen LogP contribution < -0.4 is 5.32 Å². The largest absolute Gasteiger partial charge is 0.369 e. The summed E-state index contributed by atoms with van der Waals surface area (Å²) >= 11 is 0. The summed E-state index contributed by atoms with van der Waals surface area (Å²) in [6.45, 7) is 8.70. The Kier molecular flexibility index (Phi) is 6.67. The van der Waals surface area contributed by atoms with Crippen molar-refractivity contribution >= 4 is 12.3 Å². The second-order valence-corrected chi connectivity index (χ2v) is 4.65. The van der Waals surface area contributed by atoms with E-state index in [2.05, 4.69) is 10.2 Å². The Morgan fingerprint density at radius 2 is 2.00 bits per heavy atom. The number of ether oxygens (including phenoxy) is 1. The second-order valence-electron chi connectivity index (χ2n) is 4.65. The monoisotopic (exact) mass is 257 g/mol. The molecule has 0 radical (unpaired) electrons. The van der Waals surface area contributed by atoms with Crippen LogP contribution in [0.5, 0.6) is 0 Å². The van der Waals surface area contributed by atoms with E-state index in [9.17, 15) is 9.59 Å². The zero-order valence-corrected chi connectivity index (χ0v) is 11.2. The minimum atomic E-state index is 0.0642. The van der Waals surface area contributed by atoms with Gasteiger partial charge in [0.25, 0.3) is 0 Å². The molecule has 6 heteroatoms. The number of rotatable bonds is 7. The molecule has 2 amide bonds. The highest BCUT2D eigenvalue weighted by Gasteiger charge is 2.20. The summed E-state index contributed by atoms with van der Waals surface area (Å²) in [5.74, 6) is 0.0642. The van der Waals surface area contributed by atoms with Crippen molar-refractivity contribution in [3.63, 3.8) is 0 Å². The molecule has 0 aromatic heterocycles. The molecule has 18 heavy (non-hydrogen) atoms. The second kappa shape index (κ2) is 8.05. The van der Waals surface area contributed by atoms with Gasteiger partial charge in [0.2, 0.25) is 12.3 Å². The van der Waals surface area contributed by atoms with E-state index in [0.717, 1.165) is 32.7 Å². The predicted molar refractivity (Wildman–Crippen MR) is 68.2 cm³/mol. The van der Waals surface area contributed by atoms with Crippen molar-refractivity contribution in [2.24, 2.45) is 0 Å². The smallest absolute Gasteiger partial charge is 0.248 e. The maximum absolute atomic E-state index is 11.8. The third-order valence-corrected chi connectivity index (χ3v) is 2.92. The number of nitrogens with zero attached hydrogens (tertiary/aromatic N) is 2. The topological polar surface area (TPSA) is 61.9 Å². The van der Waals surface area contributed by atoms with Crippen molar-refractivity contribution in [3.05, 3.63) is 0 Å². The van der Waals surface area contributed by atoms with Gasteiger partial charge in [0, 0.05) is 39.3 Å². The molecule has 0 unspecified atom stereocenters. The molecule has 6 nitrogen and oxygen atoms in total. The van der Waals surface area contributed by atoms with Crippen LogP contribution in [0.1, 0.15) is 13.8 Å². The first kappa shape index (κ1) is 14.9. The van der Waals surface area contributed by atoms with E-state index in [0.29, 0.717) is 13.0 Å². The van der Waals surface area contributed by atoms with E-state index < -0.39 is 0 Å². The van der Waals surface area contributed by atoms with Crippen LogP contribution in [0, 0.1) is 0 Å². The van der Waals surface area contributed by atoms with Gasteiger partial charge in [-0.1, -0.05) is 0 Å². The maximum Gasteiger partial charge on any atom is 0.248 e. The minimum absolute atomic E-state index is 0.0642. The zero-order chi connectivity index (χ0) is 13.4. The summed E-state index contributed by atoms with van der Waals surface area (Å²) in [5.41, 5.74) is 0. The number of nitrogens with one attached hydrogen (secondary N) is 1. The molecule has 1 aliphatic heterocycles. The molecular formula is C12H23N3O3. The van der Waals surface area contributed by atoms with Crippen LogP contribution in [0.3, 0.4) is 0 Å². The van der Waals surface area contributed by atoms with Crippen LogP contribution in [-0.2, 0) is 14.3 Å². The minimum Gasteiger partial charge on any atom is -0.369 e. The Bertz CT molecular complexity index is 263. The summed E-state index contributed by atoms with van der Waals surface area (Å²) in [4.78, 5) is 26.0. The average Bonchev–Trinajstić information content (AvgIpc) is 2.37. The molecule has 0 aromatic carbocycles. The predicted octanol–water partition coefficient (Wildman–Crippen LogP) is -0.698. The number of carbonyl (C=O) groups is 2. The molecule has 1 heterocycles. The molecule has 0 atom stereocenters. The first-order chi connectivity index (χ1) is 8.63. The molecule has 0 bridgehead atoms. The van der Waals surface area contributed by atoms with Crippen LogP contribution in [0.2, 0.25) is 0 Å². The molecule has 0 saturated carbocycles. The van der Waals surface area contributed by atoms with Crippen molar-refractivity contribution in [3.8, 4) is 0 Å². The lowest BCUT2D eigenvalue weighted by Crippen LogP contribution is -2.50. The van der Waals surface area contributed by atoms with Crippen molar-refractivity contribution in [1.29, 1.82) is 0 Å². The fourth-order valence-corrected chi connectivity index (χ4v) is 1.83. The Balaban J connectivity index is 2.17. The van der Waals surface area contributed by atoms with Gasteiger partial charge < -0.3 is 15.0 Å². The molecule has 0 spiro atoms. The molecule has 1 fully saturated rings. The van der Waals surface area contributed by atoms with Crippen molar-refractivity contribution < 1.29 is 14.3 Å². The van der Waals surface area contributed by atoms with Crippen LogP contribution >= 0.6 is 0 Å². The van der Waals surface area contributed by atoms with Crippen LogP contribution in [0.25, 0.3) is 0 Å². The Morgan fingerprint density at radius 1 is 1.33 bits per heavy atom. The van der Waals surface area contributed by atoms with E-state index in [-0.39, 0.29) is 18.6 Å². The van der Waals surface area contributed by atoms with E-state index in [4.69, 9.17) is 4.74 Å². The summed E-state index contributed by atoms with van der Waals surface area (Å²) in [5, 5.41) is 2.64. The molecular weight excluding hydrogens is 234 g/mol. The van der Waals surface area contributed by atoms with Crippen LogP contribution in [-0.4, -0.2) is 74.1 Å². The molecule has 0 aromatic rings. The third kappa shape index (κ3) is 5.46. The number of hydrogen-bond acceptors (Lipinski definition) is 4. The van der Waals surface area contributed by atoms with Gasteiger partial charge in [0.1, 0.15) is 6.61 Å². The van der Waals surface area contributed by atoms with Crippen molar-refractivity contribution in [2.45, 2.75) is 20.0 Å². The highest BCUT2D eigenvalue weighted by Crippen LogP contribution is 2.02. The lowest BCUT2D eigenvalue weighted by atomic mass is 10.3. The maximum atomic E-state index is 11.8. The zero-order valence-electron chi connectivity index (χ0n) is 11.2. The lowest BCUT2D eigenvalue weighted by molar-refractivity contribution is -0.139. The normalized spacial score (nSPS) is 16.9. The fourth-order valence-electron chi connectivity index (χ4n) is 1.83. The molecule has 104 valence electrons. The van der Waals surface area contributed by atoms with Crippen molar-refractivity contribution in [1.82, 2.24) is 15.1 Å². The summed E-state index contributed by atoms with van der Waals surface area (Å²) in [6.07, 6.45) is 0.799. The fraction of sp³-hybridized carbons (Fsp3) is 0.833. The number of hydrogen-bond donors (Lipinski definition) is 1. The summed E-state index contributed by atoms with van der Waals surface area (Å²) < 4.78 is 5.31. The Hall–Kier alpha value is -1.14. The quantitative estimate of drug-likeness (QED) is 0.484. The van der Waals surface area contributed by atoms with Crippen LogP contribution in [0.4, 0.5) is 0 Å². The number of carbonyl (C=O) groups excluding carboxylic acids is 2. The Morgan fingerprint density at radius 3 is 2.56 bits per heavy atom. The highest BCUT2D eigenvalue weighted by molar-refractivity contribution is 5.77. The SMILES string of the molecule is CC(C)OCC(=O)N1CCN(CCNC=O)CC1. The molecule has 0 aliphatic carbocycles. The van der Waals surface area contributed by atoms with Gasteiger partial charge in [-0.2, -0.15) is 0 Å². The summed E-state index contributed by atoms with van der Waals surface area (Å²) in [7, 11) is 0. The number of amides is 2.